The molecule has 35 heavy (non-hydrogen) atoms. The van der Waals surface area contributed by atoms with E-state index in [2.05, 4.69) is 10.1 Å². The fourth-order valence-corrected chi connectivity index (χ4v) is 4.75. The van der Waals surface area contributed by atoms with E-state index in [-0.39, 0.29) is 29.7 Å². The molecule has 1 aliphatic heterocycles. The molecule has 8 heteroatoms. The fraction of sp³-hybridized carbons (Fsp3) is 0.222. The van der Waals surface area contributed by atoms with Crippen LogP contribution in [0.2, 0.25) is 0 Å². The maximum absolute atomic E-state index is 14.0. The highest BCUT2D eigenvalue weighted by Crippen LogP contribution is 2.41. The number of alkyl halides is 3. The van der Waals surface area contributed by atoms with Crippen molar-refractivity contribution in [2.75, 3.05) is 6.54 Å². The third-order valence-electron chi connectivity index (χ3n) is 6.41. The molecule has 1 amide bonds. The summed E-state index contributed by atoms with van der Waals surface area (Å²) in [6, 6.07) is 24.2. The lowest BCUT2D eigenvalue weighted by Gasteiger charge is -2.42. The van der Waals surface area contributed by atoms with Gasteiger partial charge in [0.1, 0.15) is 6.54 Å². The number of aromatic nitrogens is 2. The molecule has 4 aromatic rings. The van der Waals surface area contributed by atoms with E-state index in [9.17, 15) is 18.0 Å². The number of carbonyl (C=O) groups excluding carboxylic acids is 1. The first-order valence-corrected chi connectivity index (χ1v) is 11.3. The molecular formula is C27H22F3N3O2. The number of hydrogen-bond donors (Lipinski definition) is 0. The minimum absolute atomic E-state index is 0.0490. The van der Waals surface area contributed by atoms with Crippen molar-refractivity contribution in [2.45, 2.75) is 31.0 Å². The van der Waals surface area contributed by atoms with Gasteiger partial charge in [0, 0.05) is 12.1 Å². The summed E-state index contributed by atoms with van der Waals surface area (Å²) in [4.78, 5) is 20.0. The fourth-order valence-electron chi connectivity index (χ4n) is 4.75. The minimum Gasteiger partial charge on any atom is -0.337 e. The first-order chi connectivity index (χ1) is 16.9. The molecule has 1 saturated heterocycles. The van der Waals surface area contributed by atoms with Crippen LogP contribution >= 0.6 is 0 Å². The largest absolute Gasteiger partial charge is 0.416 e. The Hall–Kier alpha value is -3.94. The lowest BCUT2D eigenvalue weighted by atomic mass is 9.68. The van der Waals surface area contributed by atoms with E-state index in [1.165, 1.54) is 12.1 Å². The summed E-state index contributed by atoms with van der Waals surface area (Å²) >= 11 is 0. The Labute approximate surface area is 200 Å². The standard InChI is InChI=1S/C27H22F3N3O2/c28-27(29,30)22-14-7-9-19(17-22)24-31-23(35-32-24)18-33-16-8-15-26(25(33)34,20-10-3-1-4-11-20)21-12-5-2-6-13-21/h1-7,9-14,17H,8,15-16,18H2. The van der Waals surface area contributed by atoms with Gasteiger partial charge in [-0.05, 0) is 36.1 Å². The highest BCUT2D eigenvalue weighted by molar-refractivity contribution is 5.92. The van der Waals surface area contributed by atoms with Gasteiger partial charge in [0.25, 0.3) is 0 Å². The molecule has 0 radical (unpaired) electrons. The number of hydrogen-bond acceptors (Lipinski definition) is 4. The van der Waals surface area contributed by atoms with Gasteiger partial charge in [-0.2, -0.15) is 18.2 Å². The molecule has 1 fully saturated rings. The van der Waals surface area contributed by atoms with Gasteiger partial charge in [-0.15, -0.1) is 0 Å². The Morgan fingerprint density at radius 3 is 2.20 bits per heavy atom. The normalized spacial score (nSPS) is 15.9. The van der Waals surface area contributed by atoms with Crippen molar-refractivity contribution >= 4 is 5.91 Å². The summed E-state index contributed by atoms with van der Waals surface area (Å²) in [6.07, 6.45) is -3.04. The molecule has 0 aliphatic carbocycles. The van der Waals surface area contributed by atoms with Gasteiger partial charge in [-0.3, -0.25) is 4.79 Å². The van der Waals surface area contributed by atoms with Gasteiger partial charge < -0.3 is 9.42 Å². The van der Waals surface area contributed by atoms with E-state index in [4.69, 9.17) is 4.52 Å². The molecule has 1 aliphatic rings. The van der Waals surface area contributed by atoms with Crippen molar-refractivity contribution in [1.29, 1.82) is 0 Å². The smallest absolute Gasteiger partial charge is 0.337 e. The Morgan fingerprint density at radius 2 is 1.57 bits per heavy atom. The first kappa shape index (κ1) is 22.8. The highest BCUT2D eigenvalue weighted by Gasteiger charge is 2.46. The van der Waals surface area contributed by atoms with Crippen LogP contribution in [-0.2, 0) is 22.9 Å². The van der Waals surface area contributed by atoms with Crippen molar-refractivity contribution in [3.05, 3.63) is 108 Å². The second kappa shape index (κ2) is 9.02. The number of rotatable bonds is 5. The number of benzene rings is 3. The van der Waals surface area contributed by atoms with Crippen LogP contribution in [0.15, 0.2) is 89.5 Å². The van der Waals surface area contributed by atoms with Crippen LogP contribution in [0.25, 0.3) is 11.4 Å². The molecule has 2 heterocycles. The predicted molar refractivity (Wildman–Crippen MR) is 123 cm³/mol. The van der Waals surface area contributed by atoms with Crippen molar-refractivity contribution < 1.29 is 22.5 Å². The molecule has 0 spiro atoms. The van der Waals surface area contributed by atoms with Crippen molar-refractivity contribution in [3.63, 3.8) is 0 Å². The summed E-state index contributed by atoms with van der Waals surface area (Å²) in [5, 5.41) is 3.86. The molecular weight excluding hydrogens is 455 g/mol. The van der Waals surface area contributed by atoms with Crippen molar-refractivity contribution in [1.82, 2.24) is 15.0 Å². The van der Waals surface area contributed by atoms with Gasteiger partial charge in [-0.25, -0.2) is 0 Å². The summed E-state index contributed by atoms with van der Waals surface area (Å²) in [5.41, 5.74) is 0.392. The second-order valence-electron chi connectivity index (χ2n) is 8.56. The van der Waals surface area contributed by atoms with Crippen LogP contribution in [0.5, 0.6) is 0 Å². The maximum atomic E-state index is 14.0. The number of nitrogens with zero attached hydrogens (tertiary/aromatic N) is 3. The zero-order valence-corrected chi connectivity index (χ0v) is 18.7. The molecule has 0 bridgehead atoms. The number of amides is 1. The monoisotopic (exact) mass is 477 g/mol. The quantitative estimate of drug-likeness (QED) is 0.361. The van der Waals surface area contributed by atoms with Crippen LogP contribution in [-0.4, -0.2) is 27.5 Å². The molecule has 0 saturated carbocycles. The number of likely N-dealkylation sites (tertiary alicyclic amines) is 1. The average molecular weight is 477 g/mol. The van der Waals surface area contributed by atoms with Gasteiger partial charge in [-0.1, -0.05) is 78.0 Å². The molecule has 0 atom stereocenters. The summed E-state index contributed by atoms with van der Waals surface area (Å²) in [7, 11) is 0. The first-order valence-electron chi connectivity index (χ1n) is 11.3. The van der Waals surface area contributed by atoms with Crippen molar-refractivity contribution in [2.24, 2.45) is 0 Å². The zero-order chi connectivity index (χ0) is 24.5. The van der Waals surface area contributed by atoms with Crippen LogP contribution in [0.4, 0.5) is 13.2 Å². The molecule has 1 aromatic heterocycles. The van der Waals surface area contributed by atoms with E-state index >= 15 is 0 Å². The molecule has 5 rings (SSSR count). The van der Waals surface area contributed by atoms with Crippen LogP contribution in [0.3, 0.4) is 0 Å². The third-order valence-corrected chi connectivity index (χ3v) is 6.41. The van der Waals surface area contributed by atoms with E-state index in [0.717, 1.165) is 29.7 Å². The van der Waals surface area contributed by atoms with Gasteiger partial charge in [0.2, 0.25) is 17.6 Å². The van der Waals surface area contributed by atoms with E-state index < -0.39 is 17.2 Å². The molecule has 0 N–H and O–H groups in total. The number of halogens is 3. The van der Waals surface area contributed by atoms with E-state index in [0.29, 0.717) is 13.0 Å². The maximum Gasteiger partial charge on any atom is 0.416 e. The van der Waals surface area contributed by atoms with Crippen LogP contribution in [0.1, 0.15) is 35.4 Å². The zero-order valence-electron chi connectivity index (χ0n) is 18.7. The topological polar surface area (TPSA) is 59.2 Å². The summed E-state index contributed by atoms with van der Waals surface area (Å²) in [6.45, 7) is 0.591. The van der Waals surface area contributed by atoms with Gasteiger partial charge >= 0.3 is 6.18 Å². The van der Waals surface area contributed by atoms with Crippen molar-refractivity contribution in [3.8, 4) is 11.4 Å². The predicted octanol–water partition coefficient (Wildman–Crippen LogP) is 5.86. The van der Waals surface area contributed by atoms with Gasteiger partial charge in [0.05, 0.1) is 11.0 Å². The SMILES string of the molecule is O=C1N(Cc2nc(-c3cccc(C(F)(F)F)c3)no2)CCCC1(c1ccccc1)c1ccccc1. The van der Waals surface area contributed by atoms with Gasteiger partial charge in [0.15, 0.2) is 0 Å². The van der Waals surface area contributed by atoms with E-state index in [1.807, 2.05) is 60.7 Å². The minimum atomic E-state index is -4.47. The lowest BCUT2D eigenvalue weighted by Crippen LogP contribution is -2.51. The average Bonchev–Trinajstić information content (AvgIpc) is 3.35. The van der Waals surface area contributed by atoms with Crippen LogP contribution < -0.4 is 0 Å². The molecule has 178 valence electrons. The number of piperidine rings is 1. The van der Waals surface area contributed by atoms with E-state index in [1.54, 1.807) is 4.90 Å². The number of carbonyl (C=O) groups is 1. The molecule has 5 nitrogen and oxygen atoms in total. The Morgan fingerprint density at radius 1 is 0.914 bits per heavy atom. The second-order valence-corrected chi connectivity index (χ2v) is 8.56. The Balaban J connectivity index is 1.44. The molecule has 0 unspecified atom stereocenters. The lowest BCUT2D eigenvalue weighted by molar-refractivity contribution is -0.140. The summed E-state index contributed by atoms with van der Waals surface area (Å²) < 4.78 is 44.6. The molecule has 3 aromatic carbocycles. The third kappa shape index (κ3) is 4.32. The summed E-state index contributed by atoms with van der Waals surface area (Å²) in [5.74, 6) is 0.149. The Kier molecular flexibility index (Phi) is 5.88. The Bertz CT molecular complexity index is 1280. The van der Waals surface area contributed by atoms with Crippen LogP contribution in [0, 0.1) is 0 Å². The highest BCUT2D eigenvalue weighted by atomic mass is 19.4.